The van der Waals surface area contributed by atoms with E-state index in [-0.39, 0.29) is 76.8 Å². The summed E-state index contributed by atoms with van der Waals surface area (Å²) in [4.78, 5) is 364. The van der Waals surface area contributed by atoms with Crippen LogP contribution < -0.4 is 119 Å². The van der Waals surface area contributed by atoms with Gasteiger partial charge in [0.15, 0.2) is 0 Å². The smallest absolute Gasteiger partial charge is 0.322 e. The number of carbonyl (C=O) groups is 27. The lowest BCUT2D eigenvalue weighted by molar-refractivity contribution is -0.144. The summed E-state index contributed by atoms with van der Waals surface area (Å²) in [5, 5.41) is 129. The number of aliphatic hydroxyl groups excluding tert-OH is 5. The number of carboxylic acids is 4. The second kappa shape index (κ2) is 65.3. The van der Waals surface area contributed by atoms with Crippen LogP contribution in [-0.4, -0.2) is 382 Å². The van der Waals surface area contributed by atoms with Gasteiger partial charge in [-0.3, -0.25) is 129 Å². The van der Waals surface area contributed by atoms with Crippen molar-refractivity contribution in [2.45, 2.75) is 325 Å². The fourth-order valence-electron chi connectivity index (χ4n) is 15.5. The molecule has 0 saturated carbocycles. The van der Waals surface area contributed by atoms with Gasteiger partial charge in [0.05, 0.1) is 51.4 Å². The summed E-state index contributed by atoms with van der Waals surface area (Å²) >= 11 is 0. The minimum atomic E-state index is -2.20. The van der Waals surface area contributed by atoms with Crippen LogP contribution in [0.4, 0.5) is 0 Å². The number of nitrogens with one attached hydrogen (secondary N) is 17. The van der Waals surface area contributed by atoms with Crippen molar-refractivity contribution in [1.82, 2.24) is 100 Å². The molecule has 844 valence electrons. The summed E-state index contributed by atoms with van der Waals surface area (Å²) in [6.07, 6.45) is -11.0. The summed E-state index contributed by atoms with van der Waals surface area (Å²) in [6.45, 7) is 10.5. The highest BCUT2D eigenvalue weighted by Crippen LogP contribution is 2.24. The van der Waals surface area contributed by atoms with E-state index in [1.807, 2.05) is 0 Å². The maximum atomic E-state index is 14.4. The van der Waals surface area contributed by atoms with Crippen LogP contribution in [0.15, 0.2) is 0 Å². The molecule has 2 saturated heterocycles. The molecule has 2 heterocycles. The highest BCUT2D eigenvalue weighted by Gasteiger charge is 2.46. The molecule has 2 rings (SSSR count). The number of likely N-dealkylation sites (tertiary alicyclic amines) is 2. The van der Waals surface area contributed by atoms with Crippen LogP contribution in [0.2, 0.25) is 0 Å². The van der Waals surface area contributed by atoms with E-state index >= 15 is 0 Å². The number of primary amides is 4. The topological polar surface area (TPSA) is 984 Å². The second-order valence-electron chi connectivity index (χ2n) is 38.3. The van der Waals surface area contributed by atoms with Gasteiger partial charge in [-0.25, -0.2) is 0 Å². The van der Waals surface area contributed by atoms with Gasteiger partial charge in [0.2, 0.25) is 136 Å². The normalized spacial score (nSPS) is 16.9. The predicted molar refractivity (Wildman–Crippen MR) is 517 cm³/mol. The van der Waals surface area contributed by atoms with E-state index in [1.165, 1.54) is 13.8 Å². The molecule has 60 nitrogen and oxygen atoms in total. The molecule has 150 heavy (non-hydrogen) atoms. The number of carbonyl (C=O) groups excluding carboxylic acids is 23. The molecule has 0 unspecified atom stereocenters. The molecule has 2 aliphatic heterocycles. The van der Waals surface area contributed by atoms with Gasteiger partial charge in [0, 0.05) is 45.2 Å². The molecule has 36 N–H and O–H groups in total. The Hall–Kier alpha value is -14.5. The lowest BCUT2D eigenvalue weighted by Gasteiger charge is -2.31. The van der Waals surface area contributed by atoms with Crippen LogP contribution in [-0.2, 0) is 129 Å². The minimum absolute atomic E-state index is 0.00120. The van der Waals surface area contributed by atoms with Gasteiger partial charge in [-0.05, 0) is 120 Å². The summed E-state index contributed by atoms with van der Waals surface area (Å²) in [5.41, 5.74) is 27.7. The van der Waals surface area contributed by atoms with E-state index in [1.54, 1.807) is 55.4 Å². The van der Waals surface area contributed by atoms with Crippen molar-refractivity contribution in [3.05, 3.63) is 0 Å². The van der Waals surface area contributed by atoms with Gasteiger partial charge in [-0.15, -0.1) is 0 Å². The first kappa shape index (κ1) is 132. The molecule has 0 aromatic carbocycles. The minimum Gasteiger partial charge on any atom is -0.481 e. The number of hydrogen-bond acceptors (Lipinski definition) is 33. The standard InChI is InChI=1S/C90H148N24O36/c1-39(2)28-50(72(132)96-34-69(130)131)101-80(140)54(32-64(94)122)105-81(141)56(35-115)107-78(138)52(30-41(5)6)102-74(134)47(18-22-63(93)121)100-87(147)70(43(9)10)111-84(144)59(38-118)108-79(139)53(31-42(7)8)104-83(143)58(37-117)110-88(148)71(44(11)119)112-76(136)49(20-25-68(128)129)97-73(133)46(17-21-62(92)120)98-77(137)51(29-40(3)4)103-82(142)57(36-116)109-86(146)61-15-13-27-114(61)90(150)55(33-65(95)123)106-75(135)48(19-24-67(126)127)99-85(145)60-14-12-26-113(60)89(149)45(91)16-23-66(124)125/h39-61,70-71,115-119H,12-38,91H2,1-11H3,(H2,92,120)(H2,93,121)(H2,94,122)(H2,95,123)(H,96,132)(H,97,133)(H,98,137)(H,99,145)(H,100,147)(H,101,140)(H,102,134)(H,103,142)(H,104,143)(H,105,141)(H,106,135)(H,107,138)(H,108,139)(H,109,146)(H,110,148)(H,111,144)(H,112,136)(H,124,125)(H,126,127)(H,128,129)(H,130,131)/t44-,45+,46+,47+,48+,49+,50+,51+,52+,53+,54+,55+,56+,57+,58+,59+,60+,61+,70+,71+/m1/s1. The summed E-state index contributed by atoms with van der Waals surface area (Å²) in [5.74, 6) is -35.6. The molecular weight excluding hydrogens is 1990 g/mol. The maximum absolute atomic E-state index is 14.4. The first-order valence-corrected chi connectivity index (χ1v) is 48.6. The molecule has 2 fully saturated rings. The number of aliphatic hydroxyl groups is 5. The molecule has 0 aromatic heterocycles. The van der Waals surface area contributed by atoms with E-state index in [9.17, 15) is 165 Å². The van der Waals surface area contributed by atoms with Crippen LogP contribution >= 0.6 is 0 Å². The number of nitrogens with two attached hydrogens (primary N) is 5. The zero-order valence-electron chi connectivity index (χ0n) is 85.4. The fraction of sp³-hybridized carbons (Fsp3) is 0.700. The van der Waals surface area contributed by atoms with Crippen LogP contribution in [0, 0.1) is 29.6 Å². The number of aliphatic carboxylic acids is 4. The predicted octanol–water partition coefficient (Wildman–Crippen LogP) is -13.7. The molecule has 23 amide bonds. The summed E-state index contributed by atoms with van der Waals surface area (Å²) in [7, 11) is 0. The third-order valence-corrected chi connectivity index (χ3v) is 23.3. The van der Waals surface area contributed by atoms with Crippen molar-refractivity contribution < 1.29 is 175 Å². The summed E-state index contributed by atoms with van der Waals surface area (Å²) < 4.78 is 0. The molecule has 0 aliphatic carbocycles. The van der Waals surface area contributed by atoms with Crippen molar-refractivity contribution in [3.8, 4) is 0 Å². The maximum Gasteiger partial charge on any atom is 0.322 e. The molecule has 60 heteroatoms. The van der Waals surface area contributed by atoms with Crippen LogP contribution in [0.1, 0.15) is 205 Å². The third-order valence-electron chi connectivity index (χ3n) is 23.3. The third kappa shape index (κ3) is 46.9. The Morgan fingerprint density at radius 1 is 0.280 bits per heavy atom. The molecule has 0 bridgehead atoms. The zero-order valence-corrected chi connectivity index (χ0v) is 85.4. The first-order valence-electron chi connectivity index (χ1n) is 48.6. The van der Waals surface area contributed by atoms with Gasteiger partial charge >= 0.3 is 23.9 Å². The van der Waals surface area contributed by atoms with Gasteiger partial charge in [0.25, 0.3) is 0 Å². The number of carboxylic acid groups (broad SMARTS) is 4. The van der Waals surface area contributed by atoms with Gasteiger partial charge in [0.1, 0.15) is 115 Å². The zero-order chi connectivity index (χ0) is 114. The molecule has 0 spiro atoms. The number of amides is 23. The number of rotatable bonds is 70. The number of nitrogens with zero attached hydrogens (tertiary/aromatic N) is 2. The molecule has 20 atom stereocenters. The average Bonchev–Trinajstić information content (AvgIpc) is 1.67. The molecule has 0 radical (unpaired) electrons. The quantitative estimate of drug-likeness (QED) is 0.0269. The van der Waals surface area contributed by atoms with E-state index in [4.69, 9.17) is 38.9 Å². The highest BCUT2D eigenvalue weighted by atomic mass is 16.4. The Morgan fingerprint density at radius 2 is 0.533 bits per heavy atom. The monoisotopic (exact) mass is 2140 g/mol. The second-order valence-corrected chi connectivity index (χ2v) is 38.3. The molecular formula is C90H148N24O36. The SMILES string of the molecule is CC(C)C[C@H](NC(=O)[C@H](CC(N)=O)NC(=O)[C@H](CO)NC(=O)[C@H](CC(C)C)NC(=O)[C@H](CCC(N)=O)NC(=O)[C@@H](NC(=O)[C@H](CO)NC(=O)[C@H](CC(C)C)NC(=O)[C@H](CO)NC(=O)[C@@H](NC(=O)[C@H](CCC(=O)O)NC(=O)[C@H](CCC(N)=O)NC(=O)[C@H](CC(C)C)NC(=O)[C@H](CO)NC(=O)[C@@H]1CCCN1C(=O)[C@H](CC(N)=O)NC(=O)[C@H](CCC(=O)O)NC(=O)[C@@H]1CCCN1C(=O)[C@@H](N)CCC(=O)O)[C@@H](C)O)C(C)C)C(=O)NCC(=O)O. The Morgan fingerprint density at radius 3 is 0.873 bits per heavy atom. The Balaban J connectivity index is 2.42. The number of hydrogen-bond donors (Lipinski definition) is 31. The van der Waals surface area contributed by atoms with E-state index in [0.29, 0.717) is 0 Å². The van der Waals surface area contributed by atoms with Crippen LogP contribution in [0.3, 0.4) is 0 Å². The van der Waals surface area contributed by atoms with Crippen molar-refractivity contribution >= 4 is 160 Å². The first-order chi connectivity index (χ1) is 70.0. The van der Waals surface area contributed by atoms with Crippen molar-refractivity contribution in [3.63, 3.8) is 0 Å². The molecule has 2 aliphatic rings. The Kier molecular flexibility index (Phi) is 57.3. The Bertz CT molecular complexity index is 4770. The van der Waals surface area contributed by atoms with Gasteiger partial charge in [-0.1, -0.05) is 69.2 Å². The van der Waals surface area contributed by atoms with Crippen LogP contribution in [0.25, 0.3) is 0 Å². The average molecular weight is 2140 g/mol. The lowest BCUT2D eigenvalue weighted by Crippen LogP contribution is -2.63. The highest BCUT2D eigenvalue weighted by molar-refractivity contribution is 6.04. The largest absolute Gasteiger partial charge is 0.481 e. The summed E-state index contributed by atoms with van der Waals surface area (Å²) in [6, 6.07) is -33.9. The van der Waals surface area contributed by atoms with Crippen LogP contribution in [0.5, 0.6) is 0 Å². The van der Waals surface area contributed by atoms with Gasteiger partial charge < -0.3 is 175 Å². The van der Waals surface area contributed by atoms with Gasteiger partial charge in [-0.2, -0.15) is 0 Å². The fourth-order valence-corrected chi connectivity index (χ4v) is 15.5. The molecule has 0 aromatic rings. The van der Waals surface area contributed by atoms with E-state index in [0.717, 1.165) is 16.7 Å². The Labute approximate surface area is 861 Å². The van der Waals surface area contributed by atoms with Crippen molar-refractivity contribution in [2.24, 2.45) is 58.3 Å². The lowest BCUT2D eigenvalue weighted by atomic mass is 10.00. The van der Waals surface area contributed by atoms with E-state index < -0.39 is 408 Å². The van der Waals surface area contributed by atoms with Crippen molar-refractivity contribution in [2.75, 3.05) is 46.1 Å². The van der Waals surface area contributed by atoms with Crippen molar-refractivity contribution in [1.29, 1.82) is 0 Å². The van der Waals surface area contributed by atoms with E-state index in [2.05, 4.69) is 90.4 Å².